The van der Waals surface area contributed by atoms with Gasteiger partial charge < -0.3 is 15.0 Å². The van der Waals surface area contributed by atoms with Crippen molar-refractivity contribution in [3.8, 4) is 5.75 Å². The van der Waals surface area contributed by atoms with Gasteiger partial charge in [0.25, 0.3) is 0 Å². The van der Waals surface area contributed by atoms with Gasteiger partial charge in [0.2, 0.25) is 0 Å². The molecule has 0 spiro atoms. The number of rotatable bonds is 11. The van der Waals surface area contributed by atoms with E-state index in [0.717, 1.165) is 31.8 Å². The Morgan fingerprint density at radius 2 is 1.81 bits per heavy atom. The van der Waals surface area contributed by atoms with E-state index < -0.39 is 0 Å². The Morgan fingerprint density at radius 3 is 2.33 bits per heavy atom. The number of ether oxygens (including phenoxy) is 1. The zero-order chi connectivity index (χ0) is 15.5. The zero-order valence-electron chi connectivity index (χ0n) is 14.2. The maximum absolute atomic E-state index is 5.25. The van der Waals surface area contributed by atoms with Gasteiger partial charge in [0, 0.05) is 12.6 Å². The lowest BCUT2D eigenvalue weighted by Gasteiger charge is -2.27. The normalized spacial score (nSPS) is 12.6. The molecule has 3 heteroatoms. The Bertz CT molecular complexity index is 364. The smallest absolute Gasteiger partial charge is 0.118 e. The van der Waals surface area contributed by atoms with Crippen molar-refractivity contribution in [1.82, 2.24) is 10.2 Å². The Hall–Kier alpha value is -1.06. The second-order valence-electron chi connectivity index (χ2n) is 5.53. The Morgan fingerprint density at radius 1 is 1.10 bits per heavy atom. The third-order valence-electron chi connectivity index (χ3n) is 3.87. The number of hydrogen-bond acceptors (Lipinski definition) is 3. The maximum atomic E-state index is 5.25. The van der Waals surface area contributed by atoms with E-state index in [1.165, 1.54) is 24.9 Å². The van der Waals surface area contributed by atoms with Gasteiger partial charge in [0.1, 0.15) is 5.75 Å². The van der Waals surface area contributed by atoms with Crippen LogP contribution < -0.4 is 10.1 Å². The molecule has 1 atom stereocenters. The monoisotopic (exact) mass is 292 g/mol. The fourth-order valence-electron chi connectivity index (χ4n) is 2.46. The van der Waals surface area contributed by atoms with Crippen LogP contribution in [0.2, 0.25) is 0 Å². The highest BCUT2D eigenvalue weighted by molar-refractivity contribution is 5.29. The molecule has 1 rings (SSSR count). The highest BCUT2D eigenvalue weighted by atomic mass is 16.5. The fourth-order valence-corrected chi connectivity index (χ4v) is 2.46. The molecule has 0 heterocycles. The van der Waals surface area contributed by atoms with Crippen LogP contribution in [0.1, 0.15) is 51.6 Å². The Balaban J connectivity index is 2.72. The van der Waals surface area contributed by atoms with Crippen LogP contribution in [0, 0.1) is 0 Å². The number of unbranched alkanes of at least 4 members (excludes halogenated alkanes) is 1. The zero-order valence-corrected chi connectivity index (χ0v) is 14.2. The molecule has 1 aromatic carbocycles. The number of nitrogens with one attached hydrogen (secondary N) is 1. The van der Waals surface area contributed by atoms with Crippen LogP contribution in [-0.2, 0) is 0 Å². The average Bonchev–Trinajstić information content (AvgIpc) is 2.54. The standard InChI is InChI=1S/C18H32N2O/c1-5-8-14-20(7-3)15-18(19-13-6-2)16-9-11-17(21-4)12-10-16/h9-12,18-19H,5-8,13-15H2,1-4H3. The van der Waals surface area contributed by atoms with Gasteiger partial charge in [-0.3, -0.25) is 0 Å². The molecule has 0 saturated carbocycles. The second kappa shape index (κ2) is 10.6. The van der Waals surface area contributed by atoms with Crippen molar-refractivity contribution in [2.45, 2.75) is 46.1 Å². The molecule has 0 bridgehead atoms. The number of likely N-dealkylation sites (N-methyl/N-ethyl adjacent to an activating group) is 1. The molecule has 1 aromatic rings. The molecule has 0 radical (unpaired) electrons. The van der Waals surface area contributed by atoms with Crippen LogP contribution in [0.4, 0.5) is 0 Å². The van der Waals surface area contributed by atoms with E-state index >= 15 is 0 Å². The first-order chi connectivity index (χ1) is 10.2. The minimum absolute atomic E-state index is 0.396. The molecule has 0 aromatic heterocycles. The molecule has 1 N–H and O–H groups in total. The van der Waals surface area contributed by atoms with Crippen molar-refractivity contribution < 1.29 is 4.74 Å². The number of hydrogen-bond donors (Lipinski definition) is 1. The van der Waals surface area contributed by atoms with Crippen LogP contribution in [0.15, 0.2) is 24.3 Å². The lowest BCUT2D eigenvalue weighted by atomic mass is 10.1. The molecule has 0 aliphatic rings. The number of benzene rings is 1. The van der Waals surface area contributed by atoms with E-state index in [2.05, 4.69) is 55.3 Å². The second-order valence-corrected chi connectivity index (χ2v) is 5.53. The van der Waals surface area contributed by atoms with E-state index in [1.807, 2.05) is 0 Å². The van der Waals surface area contributed by atoms with E-state index in [4.69, 9.17) is 4.74 Å². The first-order valence-corrected chi connectivity index (χ1v) is 8.34. The topological polar surface area (TPSA) is 24.5 Å². The first-order valence-electron chi connectivity index (χ1n) is 8.34. The molecular weight excluding hydrogens is 260 g/mol. The highest BCUT2D eigenvalue weighted by Crippen LogP contribution is 2.19. The van der Waals surface area contributed by atoms with E-state index in [-0.39, 0.29) is 0 Å². The van der Waals surface area contributed by atoms with E-state index in [0.29, 0.717) is 6.04 Å². The van der Waals surface area contributed by atoms with Gasteiger partial charge in [-0.1, -0.05) is 39.3 Å². The Labute approximate surface area is 130 Å². The summed E-state index contributed by atoms with van der Waals surface area (Å²) in [6.45, 7) is 11.1. The molecule has 0 aliphatic carbocycles. The molecule has 0 saturated heterocycles. The van der Waals surface area contributed by atoms with Gasteiger partial charge in [-0.2, -0.15) is 0 Å². The van der Waals surface area contributed by atoms with Crippen molar-refractivity contribution in [3.05, 3.63) is 29.8 Å². The molecule has 0 aliphatic heterocycles. The quantitative estimate of drug-likeness (QED) is 0.670. The Kier molecular flexibility index (Phi) is 9.11. The average molecular weight is 292 g/mol. The summed E-state index contributed by atoms with van der Waals surface area (Å²) < 4.78 is 5.25. The van der Waals surface area contributed by atoms with Gasteiger partial charge in [0.15, 0.2) is 0 Å². The summed E-state index contributed by atoms with van der Waals surface area (Å²) >= 11 is 0. The molecular formula is C18H32N2O. The third kappa shape index (κ3) is 6.49. The third-order valence-corrected chi connectivity index (χ3v) is 3.87. The lowest BCUT2D eigenvalue weighted by Crippen LogP contribution is -2.36. The van der Waals surface area contributed by atoms with Crippen LogP contribution >= 0.6 is 0 Å². The van der Waals surface area contributed by atoms with Crippen LogP contribution in [0.3, 0.4) is 0 Å². The lowest BCUT2D eigenvalue weighted by molar-refractivity contribution is 0.250. The number of methoxy groups -OCH3 is 1. The van der Waals surface area contributed by atoms with Crippen molar-refractivity contribution in [2.75, 3.05) is 33.3 Å². The van der Waals surface area contributed by atoms with Gasteiger partial charge in [-0.25, -0.2) is 0 Å². The minimum atomic E-state index is 0.396. The highest BCUT2D eigenvalue weighted by Gasteiger charge is 2.14. The summed E-state index contributed by atoms with van der Waals surface area (Å²) in [5.74, 6) is 0.923. The van der Waals surface area contributed by atoms with E-state index in [1.54, 1.807) is 7.11 Å². The van der Waals surface area contributed by atoms with Crippen LogP contribution in [0.5, 0.6) is 5.75 Å². The molecule has 21 heavy (non-hydrogen) atoms. The van der Waals surface area contributed by atoms with Crippen LogP contribution in [-0.4, -0.2) is 38.2 Å². The molecule has 120 valence electrons. The summed E-state index contributed by atoms with van der Waals surface area (Å²) in [6, 6.07) is 8.86. The van der Waals surface area contributed by atoms with Gasteiger partial charge in [-0.15, -0.1) is 0 Å². The SMILES string of the molecule is CCCCN(CC)CC(NCCC)c1ccc(OC)cc1. The van der Waals surface area contributed by atoms with Gasteiger partial charge >= 0.3 is 0 Å². The minimum Gasteiger partial charge on any atom is -0.497 e. The predicted octanol–water partition coefficient (Wildman–Crippen LogP) is 3.86. The summed E-state index contributed by atoms with van der Waals surface area (Å²) in [6.07, 6.45) is 3.69. The van der Waals surface area contributed by atoms with E-state index in [9.17, 15) is 0 Å². The summed E-state index contributed by atoms with van der Waals surface area (Å²) in [5, 5.41) is 3.68. The predicted molar refractivity (Wildman–Crippen MR) is 91.1 cm³/mol. The van der Waals surface area contributed by atoms with Gasteiger partial charge in [0.05, 0.1) is 7.11 Å². The first kappa shape index (κ1) is 18.0. The summed E-state index contributed by atoms with van der Waals surface area (Å²) in [7, 11) is 1.71. The summed E-state index contributed by atoms with van der Waals surface area (Å²) in [4.78, 5) is 2.54. The summed E-state index contributed by atoms with van der Waals surface area (Å²) in [5.41, 5.74) is 1.35. The van der Waals surface area contributed by atoms with Crippen LogP contribution in [0.25, 0.3) is 0 Å². The van der Waals surface area contributed by atoms with Crippen molar-refractivity contribution in [1.29, 1.82) is 0 Å². The molecule has 3 nitrogen and oxygen atoms in total. The largest absolute Gasteiger partial charge is 0.497 e. The van der Waals surface area contributed by atoms with Gasteiger partial charge in [-0.05, 0) is 50.2 Å². The molecule has 0 amide bonds. The maximum Gasteiger partial charge on any atom is 0.118 e. The fraction of sp³-hybridized carbons (Fsp3) is 0.667. The van der Waals surface area contributed by atoms with Crippen molar-refractivity contribution in [3.63, 3.8) is 0 Å². The van der Waals surface area contributed by atoms with Crippen molar-refractivity contribution in [2.24, 2.45) is 0 Å². The number of nitrogens with zero attached hydrogens (tertiary/aromatic N) is 1. The van der Waals surface area contributed by atoms with Crippen molar-refractivity contribution >= 4 is 0 Å². The molecule has 1 unspecified atom stereocenters. The molecule has 0 fully saturated rings.